The molecule has 0 radical (unpaired) electrons. The first-order valence-corrected chi connectivity index (χ1v) is 7.35. The van der Waals surface area contributed by atoms with Crippen LogP contribution >= 0.6 is 0 Å². The molecule has 1 N–H and O–H groups in total. The van der Waals surface area contributed by atoms with Crippen molar-refractivity contribution >= 4 is 5.69 Å². The predicted molar refractivity (Wildman–Crippen MR) is 84.9 cm³/mol. The maximum Gasteiger partial charge on any atom is 0.130 e. The molecule has 20 heavy (non-hydrogen) atoms. The van der Waals surface area contributed by atoms with E-state index in [1.165, 1.54) is 0 Å². The quantitative estimate of drug-likeness (QED) is 0.790. The number of benzene rings is 1. The van der Waals surface area contributed by atoms with Crippen molar-refractivity contribution in [2.75, 3.05) is 45.7 Å². The zero-order chi connectivity index (χ0) is 15.1. The van der Waals surface area contributed by atoms with E-state index in [0.717, 1.165) is 37.3 Å². The number of hydrogen-bond donors (Lipinski definition) is 1. The van der Waals surface area contributed by atoms with E-state index in [-0.39, 0.29) is 11.9 Å². The third-order valence-corrected chi connectivity index (χ3v) is 3.46. The summed E-state index contributed by atoms with van der Waals surface area (Å²) in [5, 5.41) is 3.37. The summed E-state index contributed by atoms with van der Waals surface area (Å²) >= 11 is 0. The van der Waals surface area contributed by atoms with Gasteiger partial charge < -0.3 is 15.1 Å². The van der Waals surface area contributed by atoms with Gasteiger partial charge in [-0.1, -0.05) is 13.0 Å². The van der Waals surface area contributed by atoms with Gasteiger partial charge in [-0.05, 0) is 46.1 Å². The zero-order valence-corrected chi connectivity index (χ0v) is 13.4. The SMILES string of the molecule is CCCNC(C)c1c(F)cccc1N(C)CCN(C)C. The normalized spacial score (nSPS) is 12.8. The van der Waals surface area contributed by atoms with E-state index >= 15 is 0 Å². The van der Waals surface area contributed by atoms with Crippen LogP contribution in [0.1, 0.15) is 31.9 Å². The van der Waals surface area contributed by atoms with Gasteiger partial charge in [0.1, 0.15) is 5.82 Å². The van der Waals surface area contributed by atoms with E-state index in [0.29, 0.717) is 0 Å². The van der Waals surface area contributed by atoms with Gasteiger partial charge in [-0.15, -0.1) is 0 Å². The molecule has 0 aliphatic heterocycles. The van der Waals surface area contributed by atoms with Crippen LogP contribution in [0.5, 0.6) is 0 Å². The molecule has 0 aromatic heterocycles. The Kier molecular flexibility index (Phi) is 6.96. The highest BCUT2D eigenvalue weighted by Crippen LogP contribution is 2.28. The van der Waals surface area contributed by atoms with Gasteiger partial charge in [0.25, 0.3) is 0 Å². The van der Waals surface area contributed by atoms with E-state index in [1.54, 1.807) is 12.1 Å². The number of anilines is 1. The molecule has 0 heterocycles. The van der Waals surface area contributed by atoms with Crippen molar-refractivity contribution in [2.45, 2.75) is 26.3 Å². The number of likely N-dealkylation sites (N-methyl/N-ethyl adjacent to an activating group) is 2. The first-order chi connectivity index (χ1) is 9.47. The minimum atomic E-state index is -0.129. The standard InChI is InChI=1S/C16H28FN3/c1-6-10-18-13(2)16-14(17)8-7-9-15(16)20(5)12-11-19(3)4/h7-9,13,18H,6,10-12H2,1-5H3. The lowest BCUT2D eigenvalue weighted by molar-refractivity contribution is 0.416. The fourth-order valence-corrected chi connectivity index (χ4v) is 2.22. The summed E-state index contributed by atoms with van der Waals surface area (Å²) in [6.07, 6.45) is 1.05. The molecular formula is C16H28FN3. The Labute approximate surface area is 122 Å². The van der Waals surface area contributed by atoms with Gasteiger partial charge in [-0.3, -0.25) is 0 Å². The Morgan fingerprint density at radius 3 is 2.50 bits per heavy atom. The predicted octanol–water partition coefficient (Wildman–Crippen LogP) is 2.88. The Morgan fingerprint density at radius 2 is 1.90 bits per heavy atom. The average molecular weight is 281 g/mol. The van der Waals surface area contributed by atoms with Gasteiger partial charge in [0.05, 0.1) is 0 Å². The maximum atomic E-state index is 14.2. The Bertz CT molecular complexity index is 407. The lowest BCUT2D eigenvalue weighted by Crippen LogP contribution is -2.30. The fourth-order valence-electron chi connectivity index (χ4n) is 2.22. The van der Waals surface area contributed by atoms with E-state index in [9.17, 15) is 4.39 Å². The van der Waals surface area contributed by atoms with Crippen molar-refractivity contribution < 1.29 is 4.39 Å². The number of nitrogens with one attached hydrogen (secondary N) is 1. The van der Waals surface area contributed by atoms with Crippen LogP contribution in [-0.2, 0) is 0 Å². The molecule has 4 heteroatoms. The van der Waals surface area contributed by atoms with Gasteiger partial charge in [0, 0.05) is 37.4 Å². The molecule has 1 aromatic rings. The molecule has 3 nitrogen and oxygen atoms in total. The Hall–Kier alpha value is -1.13. The van der Waals surface area contributed by atoms with Crippen molar-refractivity contribution in [3.05, 3.63) is 29.6 Å². The van der Waals surface area contributed by atoms with Crippen LogP contribution in [0.15, 0.2) is 18.2 Å². The molecule has 0 saturated carbocycles. The summed E-state index contributed by atoms with van der Waals surface area (Å²) in [4.78, 5) is 4.26. The molecular weight excluding hydrogens is 253 g/mol. The fraction of sp³-hybridized carbons (Fsp3) is 0.625. The summed E-state index contributed by atoms with van der Waals surface area (Å²) in [5.41, 5.74) is 1.74. The van der Waals surface area contributed by atoms with E-state index in [2.05, 4.69) is 22.0 Å². The minimum absolute atomic E-state index is 0.0213. The van der Waals surface area contributed by atoms with Gasteiger partial charge >= 0.3 is 0 Å². The first-order valence-electron chi connectivity index (χ1n) is 7.35. The Balaban J connectivity index is 2.92. The average Bonchev–Trinajstić information content (AvgIpc) is 2.41. The molecule has 0 fully saturated rings. The zero-order valence-electron chi connectivity index (χ0n) is 13.4. The monoisotopic (exact) mass is 281 g/mol. The minimum Gasteiger partial charge on any atom is -0.373 e. The molecule has 0 spiro atoms. The summed E-state index contributed by atoms with van der Waals surface area (Å²) in [5.74, 6) is -0.129. The first kappa shape index (κ1) is 16.9. The largest absolute Gasteiger partial charge is 0.373 e. The highest BCUT2D eigenvalue weighted by molar-refractivity contribution is 5.55. The van der Waals surface area contributed by atoms with Crippen LogP contribution in [0.3, 0.4) is 0 Å². The summed E-state index contributed by atoms with van der Waals surface area (Å²) in [6, 6.07) is 5.35. The molecule has 114 valence electrons. The van der Waals surface area contributed by atoms with Gasteiger partial charge in [0.15, 0.2) is 0 Å². The Morgan fingerprint density at radius 1 is 1.20 bits per heavy atom. The molecule has 0 aliphatic rings. The van der Waals surface area contributed by atoms with Crippen LogP contribution in [0, 0.1) is 5.82 Å². The second-order valence-corrected chi connectivity index (χ2v) is 5.57. The highest BCUT2D eigenvalue weighted by Gasteiger charge is 2.17. The molecule has 0 aliphatic carbocycles. The van der Waals surface area contributed by atoms with Crippen LogP contribution in [0.2, 0.25) is 0 Å². The molecule has 0 saturated heterocycles. The van der Waals surface area contributed by atoms with Gasteiger partial charge in [0.2, 0.25) is 0 Å². The lowest BCUT2D eigenvalue weighted by atomic mass is 10.0. The van der Waals surface area contributed by atoms with E-state index < -0.39 is 0 Å². The summed E-state index contributed by atoms with van der Waals surface area (Å²) in [6.45, 7) is 6.87. The molecule has 1 atom stereocenters. The molecule has 1 aromatic carbocycles. The maximum absolute atomic E-state index is 14.2. The van der Waals surface area contributed by atoms with Gasteiger partial charge in [-0.2, -0.15) is 0 Å². The van der Waals surface area contributed by atoms with Gasteiger partial charge in [-0.25, -0.2) is 4.39 Å². The van der Waals surface area contributed by atoms with Crippen LogP contribution in [0.25, 0.3) is 0 Å². The summed E-state index contributed by atoms with van der Waals surface area (Å²) in [7, 11) is 6.12. The van der Waals surface area contributed by atoms with Crippen molar-refractivity contribution in [1.29, 1.82) is 0 Å². The van der Waals surface area contributed by atoms with Crippen molar-refractivity contribution in [1.82, 2.24) is 10.2 Å². The molecule has 0 amide bonds. The number of hydrogen-bond acceptors (Lipinski definition) is 3. The number of nitrogens with zero attached hydrogens (tertiary/aromatic N) is 2. The third kappa shape index (κ3) is 4.76. The van der Waals surface area contributed by atoms with Crippen LogP contribution in [-0.4, -0.2) is 45.7 Å². The number of rotatable bonds is 8. The number of halogens is 1. The van der Waals surface area contributed by atoms with Crippen LogP contribution in [0.4, 0.5) is 10.1 Å². The second kappa shape index (κ2) is 8.22. The highest BCUT2D eigenvalue weighted by atomic mass is 19.1. The van der Waals surface area contributed by atoms with Crippen molar-refractivity contribution in [2.24, 2.45) is 0 Å². The smallest absolute Gasteiger partial charge is 0.130 e. The van der Waals surface area contributed by atoms with Crippen molar-refractivity contribution in [3.8, 4) is 0 Å². The van der Waals surface area contributed by atoms with E-state index in [1.807, 2.05) is 34.1 Å². The van der Waals surface area contributed by atoms with Crippen LogP contribution < -0.4 is 10.2 Å². The molecule has 1 rings (SSSR count). The summed E-state index contributed by atoms with van der Waals surface area (Å²) < 4.78 is 14.2. The molecule has 0 bridgehead atoms. The molecule has 1 unspecified atom stereocenters. The van der Waals surface area contributed by atoms with Crippen molar-refractivity contribution in [3.63, 3.8) is 0 Å². The lowest BCUT2D eigenvalue weighted by Gasteiger charge is -2.27. The third-order valence-electron chi connectivity index (χ3n) is 3.46. The second-order valence-electron chi connectivity index (χ2n) is 5.57. The topological polar surface area (TPSA) is 18.5 Å². The van der Waals surface area contributed by atoms with E-state index in [4.69, 9.17) is 0 Å².